The molecule has 0 spiro atoms. The van der Waals surface area contributed by atoms with Crippen molar-refractivity contribution in [3.8, 4) is 0 Å². The zero-order valence-electron chi connectivity index (χ0n) is 11.7. The molecule has 106 valence electrons. The first-order valence-corrected chi connectivity index (χ1v) is 8.04. The maximum absolute atomic E-state index is 12.9. The normalized spacial score (nSPS) is 25.2. The summed E-state index contributed by atoms with van der Waals surface area (Å²) in [5.74, 6) is 1.29. The van der Waals surface area contributed by atoms with Gasteiger partial charge < -0.3 is 0 Å². The van der Waals surface area contributed by atoms with E-state index in [1.165, 1.54) is 57.1 Å². The Bertz CT molecular complexity index is 365. The van der Waals surface area contributed by atoms with E-state index in [1.54, 1.807) is 0 Å². The minimum atomic E-state index is -0.184. The van der Waals surface area contributed by atoms with Gasteiger partial charge in [0.2, 0.25) is 0 Å². The smallest absolute Gasteiger partial charge is 0.123 e. The van der Waals surface area contributed by atoms with Crippen LogP contribution in [0.4, 0.5) is 4.39 Å². The van der Waals surface area contributed by atoms with E-state index < -0.39 is 0 Å². The maximum atomic E-state index is 12.9. The fraction of sp³-hybridized carbons (Fsp3) is 0.647. The molecule has 1 saturated carbocycles. The highest BCUT2D eigenvalue weighted by atomic mass is 35.5. The molecule has 0 bridgehead atoms. The first-order valence-electron chi connectivity index (χ1n) is 7.60. The number of alkyl halides is 1. The van der Waals surface area contributed by atoms with Crippen LogP contribution in [0.15, 0.2) is 24.3 Å². The van der Waals surface area contributed by atoms with Gasteiger partial charge in [-0.1, -0.05) is 51.2 Å². The number of benzene rings is 1. The standard InChI is InChI=1S/C17H24ClF/c1-2-3-4-13-5-7-14(8-6-13)17(18)15-9-11-16(19)12-10-15/h9-14,17H,2-8H2,1H3. The van der Waals surface area contributed by atoms with E-state index in [1.807, 2.05) is 12.1 Å². The molecule has 1 aliphatic carbocycles. The second-order valence-electron chi connectivity index (χ2n) is 5.88. The molecule has 0 aromatic heterocycles. The first-order chi connectivity index (χ1) is 9.20. The van der Waals surface area contributed by atoms with Gasteiger partial charge in [-0.2, -0.15) is 0 Å². The third kappa shape index (κ3) is 4.21. The van der Waals surface area contributed by atoms with Gasteiger partial charge in [-0.25, -0.2) is 4.39 Å². The molecule has 1 aromatic rings. The van der Waals surface area contributed by atoms with E-state index in [4.69, 9.17) is 11.6 Å². The van der Waals surface area contributed by atoms with Gasteiger partial charge in [-0.15, -0.1) is 11.6 Å². The second-order valence-corrected chi connectivity index (χ2v) is 6.35. The summed E-state index contributed by atoms with van der Waals surface area (Å²) in [4.78, 5) is 0. The molecule has 1 aliphatic rings. The van der Waals surface area contributed by atoms with Crippen molar-refractivity contribution >= 4 is 11.6 Å². The van der Waals surface area contributed by atoms with E-state index in [-0.39, 0.29) is 11.2 Å². The summed E-state index contributed by atoms with van der Waals surface area (Å²) >= 11 is 6.57. The molecular formula is C17H24ClF. The average molecular weight is 283 g/mol. The lowest BCUT2D eigenvalue weighted by Gasteiger charge is -2.31. The second kappa shape index (κ2) is 7.28. The van der Waals surface area contributed by atoms with Crippen molar-refractivity contribution in [2.75, 3.05) is 0 Å². The SMILES string of the molecule is CCCCC1CCC(C(Cl)c2ccc(F)cc2)CC1. The van der Waals surface area contributed by atoms with Crippen LogP contribution in [0.5, 0.6) is 0 Å². The van der Waals surface area contributed by atoms with Crippen LogP contribution in [-0.2, 0) is 0 Å². The van der Waals surface area contributed by atoms with Crippen LogP contribution in [0.2, 0.25) is 0 Å². The summed E-state index contributed by atoms with van der Waals surface area (Å²) < 4.78 is 12.9. The van der Waals surface area contributed by atoms with Crippen LogP contribution >= 0.6 is 11.6 Å². The number of halogens is 2. The molecule has 2 heteroatoms. The molecule has 1 unspecified atom stereocenters. The van der Waals surface area contributed by atoms with Gasteiger partial charge in [-0.3, -0.25) is 0 Å². The van der Waals surface area contributed by atoms with Crippen LogP contribution in [0, 0.1) is 17.7 Å². The van der Waals surface area contributed by atoms with Gasteiger partial charge in [0.25, 0.3) is 0 Å². The number of unbranched alkanes of at least 4 members (excludes halogenated alkanes) is 1. The van der Waals surface area contributed by atoms with Crippen molar-refractivity contribution in [2.24, 2.45) is 11.8 Å². The highest BCUT2D eigenvalue weighted by molar-refractivity contribution is 6.21. The topological polar surface area (TPSA) is 0 Å². The number of rotatable bonds is 5. The van der Waals surface area contributed by atoms with E-state index in [0.717, 1.165) is 11.5 Å². The molecule has 0 saturated heterocycles. The van der Waals surface area contributed by atoms with E-state index >= 15 is 0 Å². The van der Waals surface area contributed by atoms with Crippen molar-refractivity contribution in [1.29, 1.82) is 0 Å². The summed E-state index contributed by atoms with van der Waals surface area (Å²) in [6, 6.07) is 6.68. The lowest BCUT2D eigenvalue weighted by molar-refractivity contribution is 0.254. The predicted octanol–water partition coefficient (Wildman–Crippen LogP) is 6.10. The largest absolute Gasteiger partial charge is 0.207 e. The van der Waals surface area contributed by atoms with E-state index in [2.05, 4.69) is 6.92 Å². The summed E-state index contributed by atoms with van der Waals surface area (Å²) in [6.45, 7) is 2.26. The summed E-state index contributed by atoms with van der Waals surface area (Å²) in [5, 5.41) is 0.0488. The molecule has 0 nitrogen and oxygen atoms in total. The fourth-order valence-corrected chi connectivity index (χ4v) is 3.58. The highest BCUT2D eigenvalue weighted by Gasteiger charge is 2.27. The zero-order chi connectivity index (χ0) is 13.7. The summed E-state index contributed by atoms with van der Waals surface area (Å²) in [7, 11) is 0. The molecule has 0 aliphatic heterocycles. The van der Waals surface area contributed by atoms with Gasteiger partial charge in [0.05, 0.1) is 5.38 Å². The third-order valence-electron chi connectivity index (χ3n) is 4.46. The molecule has 1 aromatic carbocycles. The van der Waals surface area contributed by atoms with Crippen molar-refractivity contribution in [3.63, 3.8) is 0 Å². The van der Waals surface area contributed by atoms with Crippen molar-refractivity contribution in [3.05, 3.63) is 35.6 Å². The molecule has 19 heavy (non-hydrogen) atoms. The van der Waals surface area contributed by atoms with Crippen molar-refractivity contribution in [1.82, 2.24) is 0 Å². The van der Waals surface area contributed by atoms with Gasteiger partial charge in [0, 0.05) is 0 Å². The lowest BCUT2D eigenvalue weighted by Crippen LogP contribution is -2.18. The Balaban J connectivity index is 1.85. The van der Waals surface area contributed by atoms with Crippen molar-refractivity contribution in [2.45, 2.75) is 57.2 Å². The Hall–Kier alpha value is -0.560. The van der Waals surface area contributed by atoms with Crippen LogP contribution in [0.3, 0.4) is 0 Å². The van der Waals surface area contributed by atoms with Gasteiger partial charge in [0.1, 0.15) is 5.82 Å². The summed E-state index contributed by atoms with van der Waals surface area (Å²) in [6.07, 6.45) is 9.11. The maximum Gasteiger partial charge on any atom is 0.123 e. The van der Waals surface area contributed by atoms with Crippen LogP contribution in [-0.4, -0.2) is 0 Å². The molecule has 0 heterocycles. The Kier molecular flexibility index (Phi) is 5.69. The van der Waals surface area contributed by atoms with Crippen molar-refractivity contribution < 1.29 is 4.39 Å². The van der Waals surface area contributed by atoms with Crippen LogP contribution in [0.25, 0.3) is 0 Å². The molecule has 2 rings (SSSR count). The quantitative estimate of drug-likeness (QED) is 0.572. The summed E-state index contributed by atoms with van der Waals surface area (Å²) in [5.41, 5.74) is 1.07. The lowest BCUT2D eigenvalue weighted by atomic mass is 9.77. The minimum absolute atomic E-state index is 0.0488. The Morgan fingerprint density at radius 3 is 2.37 bits per heavy atom. The van der Waals surface area contributed by atoms with Gasteiger partial charge in [0.15, 0.2) is 0 Å². The molecule has 0 amide bonds. The minimum Gasteiger partial charge on any atom is -0.207 e. The first kappa shape index (κ1) is 14.8. The zero-order valence-corrected chi connectivity index (χ0v) is 12.5. The molecule has 1 fully saturated rings. The highest BCUT2D eigenvalue weighted by Crippen LogP contribution is 2.41. The van der Waals surface area contributed by atoms with Gasteiger partial charge in [-0.05, 0) is 42.4 Å². The van der Waals surface area contributed by atoms with Crippen LogP contribution in [0.1, 0.15) is 62.8 Å². The molecule has 0 radical (unpaired) electrons. The van der Waals surface area contributed by atoms with E-state index in [0.29, 0.717) is 5.92 Å². The Morgan fingerprint density at radius 2 is 1.79 bits per heavy atom. The molecule has 1 atom stereocenters. The predicted molar refractivity (Wildman–Crippen MR) is 80.0 cm³/mol. The Morgan fingerprint density at radius 1 is 1.16 bits per heavy atom. The third-order valence-corrected chi connectivity index (χ3v) is 5.07. The van der Waals surface area contributed by atoms with Crippen LogP contribution < -0.4 is 0 Å². The average Bonchev–Trinajstić information content (AvgIpc) is 2.46. The Labute approximate surface area is 121 Å². The number of hydrogen-bond acceptors (Lipinski definition) is 0. The number of hydrogen-bond donors (Lipinski definition) is 0. The monoisotopic (exact) mass is 282 g/mol. The van der Waals surface area contributed by atoms with E-state index in [9.17, 15) is 4.39 Å². The molecular weight excluding hydrogens is 259 g/mol. The molecule has 0 N–H and O–H groups in total. The fourth-order valence-electron chi connectivity index (χ4n) is 3.18. The van der Waals surface area contributed by atoms with Gasteiger partial charge >= 0.3 is 0 Å².